The number of hydrogen-bond donors (Lipinski definition) is 0. The maximum Gasteiger partial charge on any atom is 0.238 e. The molecule has 7 aromatic carbocycles. The van der Waals surface area contributed by atoms with Crippen molar-refractivity contribution in [1.29, 1.82) is 0 Å². The largest absolute Gasteiger partial charge is 0.437 e. The quantitative estimate of drug-likeness (QED) is 0.207. The summed E-state index contributed by atoms with van der Waals surface area (Å²) in [5, 5.41) is 9.15. The van der Waals surface area contributed by atoms with E-state index in [9.17, 15) is 0 Å². The second kappa shape index (κ2) is 9.62. The van der Waals surface area contributed by atoms with Gasteiger partial charge in [-0.2, -0.15) is 4.98 Å². The first-order chi connectivity index (χ1) is 22.8. The van der Waals surface area contributed by atoms with Gasteiger partial charge in [0.15, 0.2) is 0 Å². The minimum atomic E-state index is 0.570. The number of hydrogen-bond acceptors (Lipinski definition) is 3. The predicted molar refractivity (Wildman–Crippen MR) is 190 cm³/mol. The van der Waals surface area contributed by atoms with Gasteiger partial charge in [0.05, 0.1) is 22.1 Å². The van der Waals surface area contributed by atoms with Crippen molar-refractivity contribution in [2.45, 2.75) is 0 Å². The van der Waals surface area contributed by atoms with Gasteiger partial charge in [-0.05, 0) is 56.9 Å². The summed E-state index contributed by atoms with van der Waals surface area (Å²) in [7, 11) is 0. The average molecular weight is 588 g/mol. The van der Waals surface area contributed by atoms with Crippen molar-refractivity contribution in [3.05, 3.63) is 152 Å². The minimum absolute atomic E-state index is 0.570. The highest BCUT2D eigenvalue weighted by atomic mass is 16.3. The maximum absolute atomic E-state index is 6.54. The fourth-order valence-electron chi connectivity index (χ4n) is 7.14. The molecule has 0 saturated heterocycles. The molecule has 46 heavy (non-hydrogen) atoms. The smallest absolute Gasteiger partial charge is 0.238 e. The van der Waals surface area contributed by atoms with Crippen LogP contribution in [0.1, 0.15) is 0 Å². The lowest BCUT2D eigenvalue weighted by atomic mass is 10.00. The van der Waals surface area contributed by atoms with Gasteiger partial charge in [0.2, 0.25) is 11.7 Å². The van der Waals surface area contributed by atoms with Crippen LogP contribution in [-0.2, 0) is 0 Å². The SMILES string of the molecule is c1ccc(-c2ccc3oc4nc(-n5c6ccc7ccccc7c6c6c7ccccc7ccc65)nc(-c5ccccc5)c4c3c2)cc1. The molecule has 0 aliphatic heterocycles. The fraction of sp³-hybridized carbons (Fsp3) is 0. The highest BCUT2D eigenvalue weighted by molar-refractivity contribution is 6.28. The maximum atomic E-state index is 6.54. The third-order valence-corrected chi connectivity index (χ3v) is 9.22. The summed E-state index contributed by atoms with van der Waals surface area (Å²) < 4.78 is 8.75. The van der Waals surface area contributed by atoms with E-state index in [0.29, 0.717) is 11.7 Å². The van der Waals surface area contributed by atoms with Gasteiger partial charge < -0.3 is 4.42 Å². The predicted octanol–water partition coefficient (Wildman–Crippen LogP) is 11.1. The number of furan rings is 1. The Morgan fingerprint density at radius 3 is 1.67 bits per heavy atom. The lowest BCUT2D eigenvalue weighted by Crippen LogP contribution is -2.02. The highest BCUT2D eigenvalue weighted by Crippen LogP contribution is 2.42. The molecule has 4 heteroatoms. The van der Waals surface area contributed by atoms with E-state index < -0.39 is 0 Å². The van der Waals surface area contributed by atoms with Crippen LogP contribution in [0.15, 0.2) is 156 Å². The summed E-state index contributed by atoms with van der Waals surface area (Å²) in [5.41, 5.74) is 7.62. The molecule has 0 amide bonds. The molecule has 0 aliphatic carbocycles. The van der Waals surface area contributed by atoms with E-state index in [1.165, 1.54) is 32.3 Å². The lowest BCUT2D eigenvalue weighted by Gasteiger charge is -2.10. The Kier molecular flexibility index (Phi) is 5.25. The van der Waals surface area contributed by atoms with Crippen molar-refractivity contribution in [1.82, 2.24) is 14.5 Å². The number of rotatable bonds is 3. The average Bonchev–Trinajstić information content (AvgIpc) is 3.67. The zero-order chi connectivity index (χ0) is 30.2. The molecule has 0 unspecified atom stereocenters. The summed E-state index contributed by atoms with van der Waals surface area (Å²) in [5.74, 6) is 0.583. The van der Waals surface area contributed by atoms with Gasteiger partial charge in [-0.1, -0.05) is 127 Å². The van der Waals surface area contributed by atoms with Crippen molar-refractivity contribution in [3.63, 3.8) is 0 Å². The molecule has 4 nitrogen and oxygen atoms in total. The first-order valence-corrected chi connectivity index (χ1v) is 15.5. The van der Waals surface area contributed by atoms with E-state index in [2.05, 4.69) is 138 Å². The number of nitrogens with zero attached hydrogens (tertiary/aromatic N) is 3. The van der Waals surface area contributed by atoms with E-state index >= 15 is 0 Å². The van der Waals surface area contributed by atoms with Gasteiger partial charge in [0, 0.05) is 21.7 Å². The van der Waals surface area contributed by atoms with Crippen LogP contribution in [0.3, 0.4) is 0 Å². The van der Waals surface area contributed by atoms with Crippen LogP contribution in [0.25, 0.3) is 93.8 Å². The van der Waals surface area contributed by atoms with Gasteiger partial charge in [-0.15, -0.1) is 0 Å². The van der Waals surface area contributed by atoms with Crippen LogP contribution in [0, 0.1) is 0 Å². The van der Waals surface area contributed by atoms with Gasteiger partial charge in [0.25, 0.3) is 0 Å². The van der Waals surface area contributed by atoms with Gasteiger partial charge in [-0.3, -0.25) is 4.57 Å². The van der Waals surface area contributed by atoms with Crippen molar-refractivity contribution < 1.29 is 4.42 Å². The molecular weight excluding hydrogens is 562 g/mol. The van der Waals surface area contributed by atoms with Crippen LogP contribution >= 0.6 is 0 Å². The standard InChI is InChI=1S/C42H25N3O/c1-3-11-26(12-4-1)30-21-24-36-33(25-30)39-40(29-15-5-2-6-16-29)43-42(44-41(39)46-36)45-34-22-19-27-13-7-9-17-31(27)37(34)38-32-18-10-8-14-28(32)20-23-35(38)45/h1-25H. The second-order valence-electron chi connectivity index (χ2n) is 11.8. The Hall–Kier alpha value is -6.26. The zero-order valence-corrected chi connectivity index (χ0v) is 24.7. The molecule has 3 aromatic heterocycles. The summed E-state index contributed by atoms with van der Waals surface area (Å²) in [6.07, 6.45) is 0. The lowest BCUT2D eigenvalue weighted by molar-refractivity contribution is 0.651. The molecule has 214 valence electrons. The highest BCUT2D eigenvalue weighted by Gasteiger charge is 2.23. The summed E-state index contributed by atoms with van der Waals surface area (Å²) in [4.78, 5) is 10.6. The minimum Gasteiger partial charge on any atom is -0.437 e. The molecule has 0 atom stereocenters. The molecule has 0 fully saturated rings. The topological polar surface area (TPSA) is 43.9 Å². The summed E-state index contributed by atoms with van der Waals surface area (Å²) in [6.45, 7) is 0. The monoisotopic (exact) mass is 587 g/mol. The summed E-state index contributed by atoms with van der Waals surface area (Å²) in [6, 6.07) is 53.2. The van der Waals surface area contributed by atoms with Crippen LogP contribution < -0.4 is 0 Å². The third-order valence-electron chi connectivity index (χ3n) is 9.22. The molecule has 3 heterocycles. The first-order valence-electron chi connectivity index (χ1n) is 15.5. The summed E-state index contributed by atoms with van der Waals surface area (Å²) >= 11 is 0. The molecule has 0 radical (unpaired) electrons. The van der Waals surface area contributed by atoms with E-state index in [0.717, 1.165) is 49.8 Å². The number of benzene rings is 7. The Morgan fingerprint density at radius 1 is 0.435 bits per heavy atom. The van der Waals surface area contributed by atoms with Crippen molar-refractivity contribution in [3.8, 4) is 28.3 Å². The molecule has 0 bridgehead atoms. The van der Waals surface area contributed by atoms with E-state index in [-0.39, 0.29) is 0 Å². The molecule has 0 saturated carbocycles. The molecular formula is C42H25N3O. The van der Waals surface area contributed by atoms with E-state index in [4.69, 9.17) is 14.4 Å². The number of fused-ring (bicyclic) bond motifs is 10. The molecule has 10 rings (SSSR count). The Morgan fingerprint density at radius 2 is 1.02 bits per heavy atom. The molecule has 0 N–H and O–H groups in total. The van der Waals surface area contributed by atoms with Crippen molar-refractivity contribution in [2.24, 2.45) is 0 Å². The fourth-order valence-corrected chi connectivity index (χ4v) is 7.14. The molecule has 10 aromatic rings. The van der Waals surface area contributed by atoms with Crippen LogP contribution in [0.2, 0.25) is 0 Å². The van der Waals surface area contributed by atoms with Gasteiger partial charge in [0.1, 0.15) is 5.58 Å². The van der Waals surface area contributed by atoms with Crippen LogP contribution in [-0.4, -0.2) is 14.5 Å². The van der Waals surface area contributed by atoms with Crippen molar-refractivity contribution >= 4 is 65.4 Å². The number of aromatic nitrogens is 3. The normalized spacial score (nSPS) is 11.9. The Balaban J connectivity index is 1.34. The zero-order valence-electron chi connectivity index (χ0n) is 24.7. The van der Waals surface area contributed by atoms with E-state index in [1.807, 2.05) is 18.2 Å². The Labute approximate surface area is 263 Å². The first kappa shape index (κ1) is 25.1. The Bertz CT molecular complexity index is 2700. The van der Waals surface area contributed by atoms with Crippen LogP contribution in [0.4, 0.5) is 0 Å². The van der Waals surface area contributed by atoms with Gasteiger partial charge in [-0.25, -0.2) is 4.98 Å². The molecule has 0 spiro atoms. The third kappa shape index (κ3) is 3.61. The second-order valence-corrected chi connectivity index (χ2v) is 11.8. The van der Waals surface area contributed by atoms with E-state index in [1.54, 1.807) is 0 Å². The van der Waals surface area contributed by atoms with Crippen molar-refractivity contribution in [2.75, 3.05) is 0 Å². The molecule has 0 aliphatic rings. The van der Waals surface area contributed by atoms with Crippen LogP contribution in [0.5, 0.6) is 0 Å². The van der Waals surface area contributed by atoms with Gasteiger partial charge >= 0.3 is 0 Å².